The van der Waals surface area contributed by atoms with Gasteiger partial charge in [-0.1, -0.05) is 50.1 Å². The van der Waals surface area contributed by atoms with Gasteiger partial charge >= 0.3 is 0 Å². The molecule has 1 fully saturated rings. The largest absolute Gasteiger partial charge is 0.496 e. The molecule has 0 heterocycles. The van der Waals surface area contributed by atoms with E-state index in [0.717, 1.165) is 30.6 Å². The molecular formula is C20H24N2O2. The van der Waals surface area contributed by atoms with E-state index in [1.807, 2.05) is 36.4 Å². The fourth-order valence-corrected chi connectivity index (χ4v) is 2.99. The van der Waals surface area contributed by atoms with Crippen LogP contribution in [0.2, 0.25) is 0 Å². The molecule has 4 nitrogen and oxygen atoms in total. The normalized spacial score (nSPS) is 21.3. The number of para-hydroxylation sites is 1. The molecular weight excluding hydrogens is 300 g/mol. The Hall–Kier alpha value is -2.54. The molecule has 0 radical (unpaired) electrons. The number of ether oxygens (including phenoxy) is 1. The fourth-order valence-electron chi connectivity index (χ4n) is 2.99. The molecule has 1 aliphatic carbocycles. The Labute approximate surface area is 143 Å². The van der Waals surface area contributed by atoms with Gasteiger partial charge in [0.1, 0.15) is 17.4 Å². The van der Waals surface area contributed by atoms with Gasteiger partial charge in [-0.15, -0.1) is 0 Å². The maximum absolute atomic E-state index is 12.3. The molecule has 1 aromatic carbocycles. The summed E-state index contributed by atoms with van der Waals surface area (Å²) in [6.45, 7) is 2.15. The summed E-state index contributed by atoms with van der Waals surface area (Å²) in [7, 11) is 1.61. The van der Waals surface area contributed by atoms with E-state index in [1.165, 1.54) is 6.42 Å². The first kappa shape index (κ1) is 17.8. The van der Waals surface area contributed by atoms with Gasteiger partial charge in [0.15, 0.2) is 0 Å². The first-order valence-corrected chi connectivity index (χ1v) is 8.38. The van der Waals surface area contributed by atoms with Crippen LogP contribution in [0.4, 0.5) is 0 Å². The van der Waals surface area contributed by atoms with Crippen molar-refractivity contribution in [2.75, 3.05) is 7.11 Å². The Kier molecular flexibility index (Phi) is 6.62. The van der Waals surface area contributed by atoms with Crippen LogP contribution in [0.5, 0.6) is 5.75 Å². The van der Waals surface area contributed by atoms with Gasteiger partial charge in [-0.25, -0.2) is 0 Å². The Morgan fingerprint density at radius 1 is 1.33 bits per heavy atom. The van der Waals surface area contributed by atoms with Gasteiger partial charge in [0.05, 0.1) is 7.11 Å². The van der Waals surface area contributed by atoms with Crippen LogP contribution in [0, 0.1) is 17.2 Å². The predicted molar refractivity (Wildman–Crippen MR) is 95.3 cm³/mol. The van der Waals surface area contributed by atoms with Gasteiger partial charge in [-0.05, 0) is 30.9 Å². The zero-order valence-electron chi connectivity index (χ0n) is 14.3. The quantitative estimate of drug-likeness (QED) is 0.508. The minimum absolute atomic E-state index is 0.124. The molecule has 0 saturated heterocycles. The summed E-state index contributed by atoms with van der Waals surface area (Å²) < 4.78 is 5.27. The van der Waals surface area contributed by atoms with Crippen molar-refractivity contribution in [3.05, 3.63) is 47.6 Å². The van der Waals surface area contributed by atoms with Crippen LogP contribution in [0.1, 0.15) is 38.2 Å². The Bertz CT molecular complexity index is 670. The SMILES string of the molecule is COc1ccccc1/C=C/C=C(\C#N)C(=O)N[C@@H]1CCCC[C@@H]1C. The van der Waals surface area contributed by atoms with Gasteiger partial charge in [-0.2, -0.15) is 5.26 Å². The van der Waals surface area contributed by atoms with E-state index in [0.29, 0.717) is 5.92 Å². The number of hydrogen-bond donors (Lipinski definition) is 1. The van der Waals surface area contributed by atoms with Crippen LogP contribution in [-0.4, -0.2) is 19.1 Å². The molecule has 0 aliphatic heterocycles. The highest BCUT2D eigenvalue weighted by atomic mass is 16.5. The maximum atomic E-state index is 12.3. The molecule has 1 aliphatic rings. The van der Waals surface area contributed by atoms with Gasteiger partial charge < -0.3 is 10.1 Å². The summed E-state index contributed by atoms with van der Waals surface area (Å²) in [5.41, 5.74) is 1.02. The molecule has 1 amide bonds. The van der Waals surface area contributed by atoms with E-state index >= 15 is 0 Å². The standard InChI is InChI=1S/C20H24N2O2/c1-15-8-3-5-12-18(15)22-20(23)17(14-21)11-7-10-16-9-4-6-13-19(16)24-2/h4,6-7,9-11,13,15,18H,3,5,8,12H2,1-2H3,(H,22,23)/b10-7+,17-11+/t15-,18+/m0/s1. The number of hydrogen-bond acceptors (Lipinski definition) is 3. The van der Waals surface area contributed by atoms with Gasteiger partial charge in [0.25, 0.3) is 5.91 Å². The molecule has 0 bridgehead atoms. The van der Waals surface area contributed by atoms with Crippen molar-refractivity contribution in [1.82, 2.24) is 5.32 Å². The van der Waals surface area contributed by atoms with E-state index in [9.17, 15) is 10.1 Å². The number of carbonyl (C=O) groups excluding carboxylic acids is 1. The zero-order valence-corrected chi connectivity index (χ0v) is 14.3. The third-order valence-corrected chi connectivity index (χ3v) is 4.47. The summed E-state index contributed by atoms with van der Waals surface area (Å²) in [6, 6.07) is 9.74. The summed E-state index contributed by atoms with van der Waals surface area (Å²) in [5, 5.41) is 12.3. The minimum atomic E-state index is -0.291. The smallest absolute Gasteiger partial charge is 0.262 e. The Morgan fingerprint density at radius 2 is 2.08 bits per heavy atom. The first-order valence-electron chi connectivity index (χ1n) is 8.38. The van der Waals surface area contributed by atoms with Crippen molar-refractivity contribution in [2.45, 2.75) is 38.6 Å². The van der Waals surface area contributed by atoms with Crippen LogP contribution < -0.4 is 10.1 Å². The lowest BCUT2D eigenvalue weighted by molar-refractivity contribution is -0.118. The predicted octanol–water partition coefficient (Wildman–Crippen LogP) is 3.85. The highest BCUT2D eigenvalue weighted by Gasteiger charge is 2.23. The van der Waals surface area contributed by atoms with E-state index in [2.05, 4.69) is 12.2 Å². The maximum Gasteiger partial charge on any atom is 0.262 e. The van der Waals surface area contributed by atoms with Crippen molar-refractivity contribution in [3.63, 3.8) is 0 Å². The van der Waals surface area contributed by atoms with Gasteiger partial charge in [0.2, 0.25) is 0 Å². The topological polar surface area (TPSA) is 62.1 Å². The van der Waals surface area contributed by atoms with Crippen LogP contribution >= 0.6 is 0 Å². The van der Waals surface area contributed by atoms with Crippen molar-refractivity contribution in [1.29, 1.82) is 5.26 Å². The molecule has 2 atom stereocenters. The lowest BCUT2D eigenvalue weighted by Crippen LogP contribution is -2.41. The molecule has 1 N–H and O–H groups in total. The molecule has 126 valence electrons. The van der Waals surface area contributed by atoms with E-state index < -0.39 is 0 Å². The van der Waals surface area contributed by atoms with Crippen LogP contribution in [0.3, 0.4) is 0 Å². The van der Waals surface area contributed by atoms with Crippen molar-refractivity contribution >= 4 is 12.0 Å². The van der Waals surface area contributed by atoms with E-state index in [4.69, 9.17) is 4.74 Å². The van der Waals surface area contributed by atoms with E-state index in [-0.39, 0.29) is 17.5 Å². The van der Waals surface area contributed by atoms with Crippen molar-refractivity contribution < 1.29 is 9.53 Å². The molecule has 4 heteroatoms. The summed E-state index contributed by atoms with van der Waals surface area (Å²) >= 11 is 0. The summed E-state index contributed by atoms with van der Waals surface area (Å²) in [4.78, 5) is 12.3. The molecule has 0 unspecified atom stereocenters. The molecule has 1 saturated carbocycles. The number of nitriles is 1. The van der Waals surface area contributed by atoms with E-state index in [1.54, 1.807) is 19.3 Å². The average molecular weight is 324 g/mol. The highest BCUT2D eigenvalue weighted by molar-refractivity contribution is 5.97. The first-order chi connectivity index (χ1) is 11.7. The molecule has 2 rings (SSSR count). The van der Waals surface area contributed by atoms with Crippen LogP contribution in [0.25, 0.3) is 6.08 Å². The number of nitrogens with zero attached hydrogens (tertiary/aromatic N) is 1. The van der Waals surface area contributed by atoms with Crippen LogP contribution in [-0.2, 0) is 4.79 Å². The third kappa shape index (κ3) is 4.73. The number of rotatable bonds is 5. The molecule has 24 heavy (non-hydrogen) atoms. The van der Waals surface area contributed by atoms with Gasteiger partial charge in [-0.3, -0.25) is 4.79 Å². The highest BCUT2D eigenvalue weighted by Crippen LogP contribution is 2.24. The minimum Gasteiger partial charge on any atom is -0.496 e. The van der Waals surface area contributed by atoms with Crippen molar-refractivity contribution in [3.8, 4) is 11.8 Å². The fraction of sp³-hybridized carbons (Fsp3) is 0.400. The van der Waals surface area contributed by atoms with Gasteiger partial charge in [0, 0.05) is 11.6 Å². The number of carbonyl (C=O) groups is 1. The summed E-state index contributed by atoms with van der Waals surface area (Å²) in [5.74, 6) is 0.925. The second-order valence-corrected chi connectivity index (χ2v) is 6.13. The van der Waals surface area contributed by atoms with Crippen molar-refractivity contribution in [2.24, 2.45) is 5.92 Å². The number of allylic oxidation sites excluding steroid dienone is 2. The number of nitrogens with one attached hydrogen (secondary N) is 1. The molecule has 1 aromatic rings. The monoisotopic (exact) mass is 324 g/mol. The average Bonchev–Trinajstić information content (AvgIpc) is 2.61. The summed E-state index contributed by atoms with van der Waals surface area (Å²) in [6.07, 6.45) is 9.56. The Balaban J connectivity index is 2.04. The third-order valence-electron chi connectivity index (χ3n) is 4.47. The zero-order chi connectivity index (χ0) is 17.4. The molecule has 0 spiro atoms. The second-order valence-electron chi connectivity index (χ2n) is 6.13. The Morgan fingerprint density at radius 3 is 2.79 bits per heavy atom. The number of methoxy groups -OCH3 is 1. The number of amides is 1. The van der Waals surface area contributed by atoms with Crippen LogP contribution in [0.15, 0.2) is 42.0 Å². The lowest BCUT2D eigenvalue weighted by atomic mass is 9.86. The lowest BCUT2D eigenvalue weighted by Gasteiger charge is -2.29. The molecule has 0 aromatic heterocycles. The second kappa shape index (κ2) is 8.93. The number of benzene rings is 1.